The second-order valence-electron chi connectivity index (χ2n) is 7.89. The lowest BCUT2D eigenvalue weighted by Gasteiger charge is -2.26. The van der Waals surface area contributed by atoms with Crippen LogP contribution >= 0.6 is 11.8 Å². The lowest BCUT2D eigenvalue weighted by atomic mass is 10.1. The number of thioether (sulfide) groups is 1. The Balaban J connectivity index is 1.46. The molecule has 0 atom stereocenters. The maximum Gasteiger partial charge on any atom is 0.261 e. The average molecular weight is 496 g/mol. The molecule has 3 aromatic rings. The predicted octanol–water partition coefficient (Wildman–Crippen LogP) is 4.24. The van der Waals surface area contributed by atoms with Crippen molar-refractivity contribution in [2.45, 2.75) is 11.8 Å². The fraction of sp³-hybridized carbons (Fsp3) is 0.200. The van der Waals surface area contributed by atoms with E-state index in [0.29, 0.717) is 16.8 Å². The molecule has 7 nitrogen and oxygen atoms in total. The predicted molar refractivity (Wildman–Crippen MR) is 136 cm³/mol. The Hall–Kier alpha value is -3.30. The van der Waals surface area contributed by atoms with Crippen molar-refractivity contribution >= 4 is 45.0 Å². The van der Waals surface area contributed by atoms with Crippen LogP contribution in [0.15, 0.2) is 77.7 Å². The summed E-state index contributed by atoms with van der Waals surface area (Å²) in [6.07, 6.45) is 0. The summed E-state index contributed by atoms with van der Waals surface area (Å²) in [5, 5.41) is 2.85. The molecule has 34 heavy (non-hydrogen) atoms. The van der Waals surface area contributed by atoms with Gasteiger partial charge in [0, 0.05) is 47.1 Å². The van der Waals surface area contributed by atoms with E-state index in [2.05, 4.69) is 10.0 Å². The van der Waals surface area contributed by atoms with E-state index in [4.69, 9.17) is 0 Å². The van der Waals surface area contributed by atoms with Crippen molar-refractivity contribution in [3.05, 3.63) is 89.5 Å². The number of rotatable bonds is 6. The molecule has 2 amide bonds. The number of hydrogen-bond donors (Lipinski definition) is 2. The summed E-state index contributed by atoms with van der Waals surface area (Å²) in [7, 11) is -3.76. The molecule has 0 aliphatic carbocycles. The molecule has 0 spiro atoms. The minimum absolute atomic E-state index is 0.000299. The van der Waals surface area contributed by atoms with Gasteiger partial charge in [0.25, 0.3) is 21.8 Å². The van der Waals surface area contributed by atoms with Crippen LogP contribution in [-0.4, -0.2) is 49.7 Å². The minimum atomic E-state index is -3.76. The largest absolute Gasteiger partial charge is 0.337 e. The average Bonchev–Trinajstić information content (AvgIpc) is 2.86. The van der Waals surface area contributed by atoms with Gasteiger partial charge in [-0.1, -0.05) is 24.3 Å². The Morgan fingerprint density at radius 1 is 0.882 bits per heavy atom. The number of hydrogen-bond acceptors (Lipinski definition) is 5. The Kier molecular flexibility index (Phi) is 7.23. The number of carbonyl (C=O) groups is 2. The zero-order chi connectivity index (χ0) is 24.1. The smallest absolute Gasteiger partial charge is 0.261 e. The Labute approximate surface area is 203 Å². The van der Waals surface area contributed by atoms with E-state index >= 15 is 0 Å². The standard InChI is InChI=1S/C25H25N3O4S2/c1-18-16-20(25(30)28-12-14-33-15-13-28)10-11-23(18)26-24(29)19-6-5-7-21(17-19)27-34(31,32)22-8-3-2-4-9-22/h2-11,16-17,27H,12-15H2,1H3,(H,26,29). The van der Waals surface area contributed by atoms with E-state index in [1.54, 1.807) is 54.6 Å². The van der Waals surface area contributed by atoms with Gasteiger partial charge in [-0.25, -0.2) is 8.42 Å². The second-order valence-corrected chi connectivity index (χ2v) is 10.8. The highest BCUT2D eigenvalue weighted by atomic mass is 32.2. The number of nitrogens with one attached hydrogen (secondary N) is 2. The number of benzene rings is 3. The molecule has 1 heterocycles. The lowest BCUT2D eigenvalue weighted by molar-refractivity contribution is 0.0772. The molecule has 0 unspecified atom stereocenters. The van der Waals surface area contributed by atoms with Crippen LogP contribution in [0, 0.1) is 6.92 Å². The fourth-order valence-electron chi connectivity index (χ4n) is 3.62. The molecule has 1 aliphatic heterocycles. The Morgan fingerprint density at radius 3 is 2.32 bits per heavy atom. The number of sulfonamides is 1. The van der Waals surface area contributed by atoms with Gasteiger partial charge >= 0.3 is 0 Å². The summed E-state index contributed by atoms with van der Waals surface area (Å²) in [6, 6.07) is 19.5. The van der Waals surface area contributed by atoms with Crippen LogP contribution in [0.4, 0.5) is 11.4 Å². The first kappa shape index (κ1) is 23.8. The fourth-order valence-corrected chi connectivity index (χ4v) is 5.59. The first-order valence-electron chi connectivity index (χ1n) is 10.8. The number of aryl methyl sites for hydroxylation is 1. The minimum Gasteiger partial charge on any atom is -0.337 e. The second kappa shape index (κ2) is 10.3. The number of nitrogens with zero attached hydrogens (tertiary/aromatic N) is 1. The van der Waals surface area contributed by atoms with Gasteiger partial charge in [-0.15, -0.1) is 0 Å². The van der Waals surface area contributed by atoms with Crippen molar-refractivity contribution in [1.29, 1.82) is 0 Å². The molecule has 1 saturated heterocycles. The van der Waals surface area contributed by atoms with Crippen LogP contribution in [-0.2, 0) is 10.0 Å². The normalized spacial score (nSPS) is 13.9. The maximum atomic E-state index is 12.9. The highest BCUT2D eigenvalue weighted by molar-refractivity contribution is 7.99. The first-order chi connectivity index (χ1) is 16.3. The van der Waals surface area contributed by atoms with Crippen molar-refractivity contribution < 1.29 is 18.0 Å². The van der Waals surface area contributed by atoms with E-state index in [0.717, 1.165) is 30.2 Å². The summed E-state index contributed by atoms with van der Waals surface area (Å²) in [5.74, 6) is 1.51. The van der Waals surface area contributed by atoms with E-state index in [1.165, 1.54) is 18.2 Å². The van der Waals surface area contributed by atoms with Gasteiger partial charge in [-0.2, -0.15) is 11.8 Å². The van der Waals surface area contributed by atoms with Gasteiger partial charge < -0.3 is 10.2 Å². The third-order valence-corrected chi connectivity index (χ3v) is 7.79. The van der Waals surface area contributed by atoms with E-state index < -0.39 is 10.0 Å². The zero-order valence-corrected chi connectivity index (χ0v) is 20.3. The number of carbonyl (C=O) groups excluding carboxylic acids is 2. The molecule has 9 heteroatoms. The topological polar surface area (TPSA) is 95.6 Å². The molecule has 3 aromatic carbocycles. The first-order valence-corrected chi connectivity index (χ1v) is 13.4. The molecule has 2 N–H and O–H groups in total. The molecule has 176 valence electrons. The van der Waals surface area contributed by atoms with Crippen molar-refractivity contribution in [2.75, 3.05) is 34.6 Å². The van der Waals surface area contributed by atoms with Gasteiger partial charge in [-0.3, -0.25) is 14.3 Å². The zero-order valence-electron chi connectivity index (χ0n) is 18.7. The van der Waals surface area contributed by atoms with Gasteiger partial charge in [0.05, 0.1) is 4.90 Å². The van der Waals surface area contributed by atoms with E-state index in [9.17, 15) is 18.0 Å². The van der Waals surface area contributed by atoms with Crippen molar-refractivity contribution in [3.8, 4) is 0 Å². The third kappa shape index (κ3) is 5.60. The molecule has 1 fully saturated rings. The molecule has 4 rings (SSSR count). The monoisotopic (exact) mass is 495 g/mol. The Bertz CT molecular complexity index is 1300. The molecule has 1 aliphatic rings. The molecule has 0 saturated carbocycles. The van der Waals surface area contributed by atoms with Crippen molar-refractivity contribution in [3.63, 3.8) is 0 Å². The van der Waals surface area contributed by atoms with Gasteiger partial charge in [0.2, 0.25) is 0 Å². The summed E-state index contributed by atoms with van der Waals surface area (Å²) >= 11 is 1.84. The summed E-state index contributed by atoms with van der Waals surface area (Å²) < 4.78 is 27.7. The lowest BCUT2D eigenvalue weighted by Crippen LogP contribution is -2.37. The highest BCUT2D eigenvalue weighted by Crippen LogP contribution is 2.22. The summed E-state index contributed by atoms with van der Waals surface area (Å²) in [4.78, 5) is 27.6. The molecular formula is C25H25N3O4S2. The van der Waals surface area contributed by atoms with Gasteiger partial charge in [0.15, 0.2) is 0 Å². The van der Waals surface area contributed by atoms with E-state index in [1.807, 2.05) is 23.6 Å². The van der Waals surface area contributed by atoms with Crippen molar-refractivity contribution in [2.24, 2.45) is 0 Å². The molecule has 0 radical (unpaired) electrons. The number of anilines is 2. The third-order valence-electron chi connectivity index (χ3n) is 5.45. The van der Waals surface area contributed by atoms with Gasteiger partial charge in [0.1, 0.15) is 0 Å². The van der Waals surface area contributed by atoms with Crippen LogP contribution < -0.4 is 10.0 Å². The molecule has 0 bridgehead atoms. The van der Waals surface area contributed by atoms with Crippen LogP contribution in [0.5, 0.6) is 0 Å². The van der Waals surface area contributed by atoms with E-state index in [-0.39, 0.29) is 22.4 Å². The summed E-state index contributed by atoms with van der Waals surface area (Å²) in [6.45, 7) is 3.32. The van der Waals surface area contributed by atoms with Crippen LogP contribution in [0.25, 0.3) is 0 Å². The molecular weight excluding hydrogens is 470 g/mol. The van der Waals surface area contributed by atoms with Crippen LogP contribution in [0.2, 0.25) is 0 Å². The van der Waals surface area contributed by atoms with Crippen molar-refractivity contribution in [1.82, 2.24) is 4.90 Å². The SMILES string of the molecule is Cc1cc(C(=O)N2CCSCC2)ccc1NC(=O)c1cccc(NS(=O)(=O)c2ccccc2)c1. The quantitative estimate of drug-likeness (QED) is 0.533. The van der Waals surface area contributed by atoms with Crippen LogP contribution in [0.1, 0.15) is 26.3 Å². The Morgan fingerprint density at radius 2 is 1.62 bits per heavy atom. The highest BCUT2D eigenvalue weighted by Gasteiger charge is 2.19. The van der Waals surface area contributed by atoms with Crippen LogP contribution in [0.3, 0.4) is 0 Å². The summed E-state index contributed by atoms with van der Waals surface area (Å²) in [5.41, 5.74) is 2.55. The maximum absolute atomic E-state index is 12.9. The number of amides is 2. The van der Waals surface area contributed by atoms with Gasteiger partial charge in [-0.05, 0) is 61.0 Å². The molecule has 0 aromatic heterocycles.